The Labute approximate surface area is 156 Å². The molecule has 3 atom stereocenters. The van der Waals surface area contributed by atoms with E-state index in [2.05, 4.69) is 57.1 Å². The van der Waals surface area contributed by atoms with Crippen molar-refractivity contribution in [2.75, 3.05) is 32.9 Å². The minimum absolute atomic E-state index is 0.421. The molecule has 0 aromatic heterocycles. The maximum Gasteiger partial charge on any atom is 0.191 e. The molecule has 2 aliphatic rings. The Morgan fingerprint density at radius 1 is 1.24 bits per heavy atom. The molecular weight excluding hydrogens is 328 g/mol. The first-order chi connectivity index (χ1) is 12.3. The molecule has 0 radical (unpaired) electrons. The van der Waals surface area contributed by atoms with Crippen LogP contribution in [-0.2, 0) is 0 Å². The van der Waals surface area contributed by atoms with Crippen molar-refractivity contribution < 1.29 is 0 Å². The molecule has 2 N–H and O–H groups in total. The molecule has 1 heterocycles. The molecule has 0 amide bonds. The zero-order chi connectivity index (χ0) is 17.5. The molecule has 0 bridgehead atoms. The summed E-state index contributed by atoms with van der Waals surface area (Å²) in [5.41, 5.74) is 1.40. The molecule has 2 fully saturated rings. The number of guanidine groups is 1. The van der Waals surface area contributed by atoms with Crippen LogP contribution < -0.4 is 10.6 Å². The highest BCUT2D eigenvalue weighted by molar-refractivity contribution is 7.99. The Kier molecular flexibility index (Phi) is 7.05. The lowest BCUT2D eigenvalue weighted by Gasteiger charge is -2.29. The number of thioether (sulfide) groups is 1. The maximum atomic E-state index is 4.46. The van der Waals surface area contributed by atoms with E-state index in [1.54, 1.807) is 0 Å². The topological polar surface area (TPSA) is 39.7 Å². The van der Waals surface area contributed by atoms with Crippen molar-refractivity contribution in [3.63, 3.8) is 0 Å². The number of likely N-dealkylation sites (tertiary alicyclic amines) is 1. The van der Waals surface area contributed by atoms with Gasteiger partial charge in [-0.1, -0.05) is 30.3 Å². The number of nitrogens with one attached hydrogen (secondary N) is 2. The van der Waals surface area contributed by atoms with Gasteiger partial charge in [0.05, 0.1) is 6.04 Å². The van der Waals surface area contributed by atoms with Gasteiger partial charge in [0.2, 0.25) is 0 Å². The number of aliphatic imine (C=N–C) groups is 1. The second kappa shape index (κ2) is 9.48. The summed E-state index contributed by atoms with van der Waals surface area (Å²) in [6, 6.07) is 11.9. The van der Waals surface area contributed by atoms with Gasteiger partial charge in [0, 0.05) is 24.9 Å². The Hall–Kier alpha value is -1.20. The molecule has 5 heteroatoms. The average molecular weight is 361 g/mol. The number of hydrogen-bond acceptors (Lipinski definition) is 3. The predicted molar refractivity (Wildman–Crippen MR) is 109 cm³/mol. The molecule has 1 aromatic rings. The minimum Gasteiger partial charge on any atom is -0.354 e. The Morgan fingerprint density at radius 2 is 2.00 bits per heavy atom. The van der Waals surface area contributed by atoms with E-state index < -0.39 is 0 Å². The smallest absolute Gasteiger partial charge is 0.191 e. The molecule has 1 aromatic carbocycles. The van der Waals surface area contributed by atoms with Crippen LogP contribution in [0.1, 0.15) is 43.7 Å². The number of hydrogen-bond donors (Lipinski definition) is 2. The minimum atomic E-state index is 0.421. The van der Waals surface area contributed by atoms with Crippen LogP contribution in [0.15, 0.2) is 35.3 Å². The predicted octanol–water partition coefficient (Wildman–Crippen LogP) is 3.27. The summed E-state index contributed by atoms with van der Waals surface area (Å²) in [5.74, 6) is 0.951. The molecule has 3 unspecified atom stereocenters. The van der Waals surface area contributed by atoms with Crippen molar-refractivity contribution in [3.8, 4) is 0 Å². The van der Waals surface area contributed by atoms with Crippen LogP contribution >= 0.6 is 11.8 Å². The largest absolute Gasteiger partial charge is 0.354 e. The van der Waals surface area contributed by atoms with Gasteiger partial charge in [0.15, 0.2) is 5.96 Å². The molecule has 4 nitrogen and oxygen atoms in total. The first kappa shape index (κ1) is 18.6. The molecule has 3 rings (SSSR count). The first-order valence-corrected chi connectivity index (χ1v) is 10.9. The molecule has 1 saturated heterocycles. The lowest BCUT2D eigenvalue weighted by Crippen LogP contribution is -2.45. The lowest BCUT2D eigenvalue weighted by molar-refractivity contribution is 0.245. The summed E-state index contributed by atoms with van der Waals surface area (Å²) in [6.45, 7) is 3.30. The molecule has 25 heavy (non-hydrogen) atoms. The summed E-state index contributed by atoms with van der Waals surface area (Å²) in [4.78, 5) is 7.07. The fourth-order valence-electron chi connectivity index (χ4n) is 4.05. The van der Waals surface area contributed by atoms with Crippen LogP contribution in [0.3, 0.4) is 0 Å². The molecule has 1 aliphatic heterocycles. The second-order valence-corrected chi connectivity index (χ2v) is 8.27. The van der Waals surface area contributed by atoms with Gasteiger partial charge >= 0.3 is 0 Å². The van der Waals surface area contributed by atoms with Crippen molar-refractivity contribution in [2.24, 2.45) is 4.99 Å². The monoisotopic (exact) mass is 360 g/mol. The van der Waals surface area contributed by atoms with Crippen LogP contribution in [0.4, 0.5) is 0 Å². The van der Waals surface area contributed by atoms with Gasteiger partial charge in [-0.2, -0.15) is 11.8 Å². The summed E-state index contributed by atoms with van der Waals surface area (Å²) >= 11 is 2.00. The molecular formula is C20H32N4S. The van der Waals surface area contributed by atoms with Gasteiger partial charge < -0.3 is 10.6 Å². The van der Waals surface area contributed by atoms with Crippen LogP contribution in [0.5, 0.6) is 0 Å². The molecule has 0 spiro atoms. The third-order valence-electron chi connectivity index (χ3n) is 5.51. The fourth-order valence-corrected chi connectivity index (χ4v) is 4.85. The number of benzene rings is 1. The van der Waals surface area contributed by atoms with Crippen LogP contribution in [0.2, 0.25) is 0 Å². The van der Waals surface area contributed by atoms with Crippen LogP contribution in [0.25, 0.3) is 0 Å². The van der Waals surface area contributed by atoms with Crippen molar-refractivity contribution in [1.29, 1.82) is 0 Å². The van der Waals surface area contributed by atoms with Gasteiger partial charge in [-0.25, -0.2) is 0 Å². The van der Waals surface area contributed by atoms with E-state index in [9.17, 15) is 0 Å². The number of rotatable bonds is 6. The van der Waals surface area contributed by atoms with E-state index in [4.69, 9.17) is 0 Å². The van der Waals surface area contributed by atoms with E-state index >= 15 is 0 Å². The van der Waals surface area contributed by atoms with Crippen LogP contribution in [0, 0.1) is 0 Å². The van der Waals surface area contributed by atoms with Gasteiger partial charge in [0.1, 0.15) is 0 Å². The Balaban J connectivity index is 1.57. The maximum absolute atomic E-state index is 4.46. The highest BCUT2D eigenvalue weighted by Crippen LogP contribution is 2.28. The highest BCUT2D eigenvalue weighted by atomic mass is 32.2. The molecule has 1 saturated carbocycles. The van der Waals surface area contributed by atoms with E-state index in [1.165, 1.54) is 50.8 Å². The summed E-state index contributed by atoms with van der Waals surface area (Å²) in [6.07, 6.45) is 8.66. The average Bonchev–Trinajstić information content (AvgIpc) is 3.33. The van der Waals surface area contributed by atoms with Crippen LogP contribution in [-0.4, -0.2) is 55.1 Å². The standard InChI is InChI=1S/C20H32N4S/c1-21-20(23-17-10-11-18(14-17)25-2)22-15-19(24-12-6-7-13-24)16-8-4-3-5-9-16/h3-5,8-9,17-19H,6-7,10-15H2,1-2H3,(H2,21,22,23). The highest BCUT2D eigenvalue weighted by Gasteiger charge is 2.26. The van der Waals surface area contributed by atoms with Gasteiger partial charge in [0.25, 0.3) is 0 Å². The normalized spacial score (nSPS) is 25.9. The summed E-state index contributed by atoms with van der Waals surface area (Å²) < 4.78 is 0. The zero-order valence-electron chi connectivity index (χ0n) is 15.6. The Bertz CT molecular complexity index is 542. The van der Waals surface area contributed by atoms with Gasteiger partial charge in [-0.05, 0) is 57.0 Å². The third kappa shape index (κ3) is 5.14. The van der Waals surface area contributed by atoms with Gasteiger partial charge in [-0.15, -0.1) is 0 Å². The quantitative estimate of drug-likeness (QED) is 0.603. The fraction of sp³-hybridized carbons (Fsp3) is 0.650. The third-order valence-corrected chi connectivity index (χ3v) is 6.61. The Morgan fingerprint density at radius 3 is 2.64 bits per heavy atom. The van der Waals surface area contributed by atoms with E-state index in [-0.39, 0.29) is 0 Å². The first-order valence-electron chi connectivity index (χ1n) is 9.59. The van der Waals surface area contributed by atoms with Crippen molar-refractivity contribution in [1.82, 2.24) is 15.5 Å². The second-order valence-electron chi connectivity index (χ2n) is 7.13. The molecule has 138 valence electrons. The SMILES string of the molecule is CN=C(NCC(c1ccccc1)N1CCCC1)NC1CCC(SC)C1. The van der Waals surface area contributed by atoms with Gasteiger partial charge in [-0.3, -0.25) is 9.89 Å². The zero-order valence-corrected chi connectivity index (χ0v) is 16.4. The van der Waals surface area contributed by atoms with E-state index in [1.807, 2.05) is 18.8 Å². The summed E-state index contributed by atoms with van der Waals surface area (Å²) in [5, 5.41) is 8.03. The van der Waals surface area contributed by atoms with Crippen molar-refractivity contribution in [3.05, 3.63) is 35.9 Å². The number of nitrogens with zero attached hydrogens (tertiary/aromatic N) is 2. The van der Waals surface area contributed by atoms with E-state index in [0.717, 1.165) is 17.8 Å². The molecule has 1 aliphatic carbocycles. The van der Waals surface area contributed by atoms with Crippen molar-refractivity contribution in [2.45, 2.75) is 49.4 Å². The lowest BCUT2D eigenvalue weighted by atomic mass is 10.1. The summed E-state index contributed by atoms with van der Waals surface area (Å²) in [7, 11) is 1.88. The van der Waals surface area contributed by atoms with E-state index in [0.29, 0.717) is 12.1 Å². The van der Waals surface area contributed by atoms with Crippen molar-refractivity contribution >= 4 is 17.7 Å².